The van der Waals surface area contributed by atoms with Gasteiger partial charge < -0.3 is 20.3 Å². The number of nitrogens with zero attached hydrogens (tertiary/aromatic N) is 2. The van der Waals surface area contributed by atoms with E-state index in [9.17, 15) is 14.7 Å². The van der Waals surface area contributed by atoms with E-state index < -0.39 is 12.1 Å². The van der Waals surface area contributed by atoms with E-state index in [1.54, 1.807) is 19.0 Å². The third-order valence-electron chi connectivity index (χ3n) is 4.52. The van der Waals surface area contributed by atoms with Crippen molar-refractivity contribution in [3.8, 4) is 5.75 Å². The number of benzene rings is 1. The lowest BCUT2D eigenvalue weighted by atomic mass is 10.0. The zero-order chi connectivity index (χ0) is 19.8. The Bertz CT molecular complexity index is 638. The standard InChI is InChI=1S/C19H29N3O5/c1-14(23)12-22(18(24)8-5-9-19(25)26)21-11-10-20-16(13-21)15-6-3-4-7-17(15)27-2/h3-4,6-7,14,16,20,23H,5,8-13H2,1-2H3,(H,25,26). The van der Waals surface area contributed by atoms with Gasteiger partial charge in [-0.15, -0.1) is 0 Å². The number of rotatable bonds is 9. The quantitative estimate of drug-likeness (QED) is 0.589. The van der Waals surface area contributed by atoms with Crippen LogP contribution in [-0.2, 0) is 9.59 Å². The molecule has 0 radical (unpaired) electrons. The number of methoxy groups -OCH3 is 1. The van der Waals surface area contributed by atoms with Gasteiger partial charge in [-0.05, 0) is 19.4 Å². The van der Waals surface area contributed by atoms with Crippen molar-refractivity contribution < 1.29 is 24.5 Å². The lowest BCUT2D eigenvalue weighted by molar-refractivity contribution is -0.155. The Morgan fingerprint density at radius 2 is 2.11 bits per heavy atom. The van der Waals surface area contributed by atoms with E-state index in [-0.39, 0.29) is 37.8 Å². The molecule has 0 aromatic heterocycles. The summed E-state index contributed by atoms with van der Waals surface area (Å²) in [4.78, 5) is 23.4. The summed E-state index contributed by atoms with van der Waals surface area (Å²) in [5.74, 6) is -0.298. The molecular weight excluding hydrogens is 350 g/mol. The number of carbonyl (C=O) groups excluding carboxylic acids is 1. The van der Waals surface area contributed by atoms with Crippen LogP contribution in [0.5, 0.6) is 5.75 Å². The van der Waals surface area contributed by atoms with Gasteiger partial charge in [0.15, 0.2) is 0 Å². The molecule has 1 fully saturated rings. The Morgan fingerprint density at radius 3 is 2.78 bits per heavy atom. The molecule has 0 bridgehead atoms. The van der Waals surface area contributed by atoms with E-state index in [0.717, 1.165) is 11.3 Å². The van der Waals surface area contributed by atoms with Crippen molar-refractivity contribution in [1.82, 2.24) is 15.3 Å². The molecule has 150 valence electrons. The highest BCUT2D eigenvalue weighted by atomic mass is 16.5. The maximum absolute atomic E-state index is 12.7. The molecule has 1 amide bonds. The molecule has 1 aliphatic rings. The van der Waals surface area contributed by atoms with E-state index in [0.29, 0.717) is 19.6 Å². The molecule has 2 unspecified atom stereocenters. The summed E-state index contributed by atoms with van der Waals surface area (Å²) < 4.78 is 5.45. The summed E-state index contributed by atoms with van der Waals surface area (Å²) in [5, 5.41) is 25.5. The van der Waals surface area contributed by atoms with Crippen LogP contribution in [-0.4, -0.2) is 71.5 Å². The molecule has 1 heterocycles. The Labute approximate surface area is 159 Å². The maximum atomic E-state index is 12.7. The average Bonchev–Trinajstić information content (AvgIpc) is 2.65. The van der Waals surface area contributed by atoms with Crippen LogP contribution < -0.4 is 10.1 Å². The number of hydrogen-bond donors (Lipinski definition) is 3. The van der Waals surface area contributed by atoms with Gasteiger partial charge in [0.2, 0.25) is 5.91 Å². The van der Waals surface area contributed by atoms with Crippen molar-refractivity contribution in [2.45, 2.75) is 38.3 Å². The molecule has 2 atom stereocenters. The fourth-order valence-corrected chi connectivity index (χ4v) is 3.26. The SMILES string of the molecule is COc1ccccc1C1CN(N(CC(C)O)C(=O)CCCC(=O)O)CCN1. The van der Waals surface area contributed by atoms with E-state index in [2.05, 4.69) is 5.32 Å². The van der Waals surface area contributed by atoms with Gasteiger partial charge in [0.25, 0.3) is 0 Å². The number of aliphatic hydroxyl groups excluding tert-OH is 1. The fraction of sp³-hybridized carbons (Fsp3) is 0.579. The molecule has 3 N–H and O–H groups in total. The third-order valence-corrected chi connectivity index (χ3v) is 4.52. The van der Waals surface area contributed by atoms with Crippen LogP contribution >= 0.6 is 0 Å². The molecule has 27 heavy (non-hydrogen) atoms. The summed E-state index contributed by atoms with van der Waals surface area (Å²) >= 11 is 0. The maximum Gasteiger partial charge on any atom is 0.303 e. The first-order valence-corrected chi connectivity index (χ1v) is 9.23. The second-order valence-electron chi connectivity index (χ2n) is 6.73. The largest absolute Gasteiger partial charge is 0.496 e. The Morgan fingerprint density at radius 1 is 1.37 bits per heavy atom. The molecule has 8 heteroatoms. The van der Waals surface area contributed by atoms with Gasteiger partial charge in [0.05, 0.1) is 25.8 Å². The van der Waals surface area contributed by atoms with Crippen LogP contribution in [0.1, 0.15) is 37.8 Å². The van der Waals surface area contributed by atoms with Crippen LogP contribution in [0.2, 0.25) is 0 Å². The predicted molar refractivity (Wildman–Crippen MR) is 100 cm³/mol. The number of nitrogens with one attached hydrogen (secondary N) is 1. The summed E-state index contributed by atoms with van der Waals surface area (Å²) in [6.45, 7) is 3.68. The highest BCUT2D eigenvalue weighted by Gasteiger charge is 2.29. The molecule has 0 spiro atoms. The molecule has 1 aliphatic heterocycles. The molecular formula is C19H29N3O5. The van der Waals surface area contributed by atoms with E-state index in [1.165, 1.54) is 0 Å². The van der Waals surface area contributed by atoms with Crippen molar-refractivity contribution >= 4 is 11.9 Å². The van der Waals surface area contributed by atoms with Crippen LogP contribution in [0.25, 0.3) is 0 Å². The first kappa shape index (κ1) is 21.1. The fourth-order valence-electron chi connectivity index (χ4n) is 3.26. The number of hydrogen-bond acceptors (Lipinski definition) is 6. The number of amides is 1. The van der Waals surface area contributed by atoms with Crippen molar-refractivity contribution in [3.05, 3.63) is 29.8 Å². The number of hydrazine groups is 1. The van der Waals surface area contributed by atoms with Crippen molar-refractivity contribution in [1.29, 1.82) is 0 Å². The smallest absolute Gasteiger partial charge is 0.303 e. The van der Waals surface area contributed by atoms with Crippen molar-refractivity contribution in [2.75, 3.05) is 33.3 Å². The second-order valence-corrected chi connectivity index (χ2v) is 6.73. The van der Waals surface area contributed by atoms with Gasteiger partial charge in [0.1, 0.15) is 5.75 Å². The first-order valence-electron chi connectivity index (χ1n) is 9.23. The van der Waals surface area contributed by atoms with E-state index >= 15 is 0 Å². The minimum atomic E-state index is -0.914. The topological polar surface area (TPSA) is 102 Å². The van der Waals surface area contributed by atoms with Crippen LogP contribution in [0.3, 0.4) is 0 Å². The number of carbonyl (C=O) groups is 2. The monoisotopic (exact) mass is 379 g/mol. The average molecular weight is 379 g/mol. The number of aliphatic hydroxyl groups is 1. The van der Waals surface area contributed by atoms with Crippen molar-refractivity contribution in [3.63, 3.8) is 0 Å². The van der Waals surface area contributed by atoms with Gasteiger partial charge in [-0.25, -0.2) is 5.01 Å². The normalized spacial score (nSPS) is 18.7. The van der Waals surface area contributed by atoms with Gasteiger partial charge in [-0.3, -0.25) is 14.6 Å². The number of piperazine rings is 1. The number of ether oxygens (including phenoxy) is 1. The Balaban J connectivity index is 2.10. The molecule has 2 rings (SSSR count). The lowest BCUT2D eigenvalue weighted by Crippen LogP contribution is -2.57. The molecule has 1 aromatic rings. The molecule has 0 aliphatic carbocycles. The van der Waals surface area contributed by atoms with Gasteiger partial charge in [-0.1, -0.05) is 18.2 Å². The van der Waals surface area contributed by atoms with Gasteiger partial charge >= 0.3 is 5.97 Å². The number of carboxylic acid groups (broad SMARTS) is 1. The van der Waals surface area contributed by atoms with Crippen LogP contribution in [0.15, 0.2) is 24.3 Å². The molecule has 1 aromatic carbocycles. The Hall–Kier alpha value is -2.16. The summed E-state index contributed by atoms with van der Waals surface area (Å²) in [6.07, 6.45) is -0.290. The first-order chi connectivity index (χ1) is 12.9. The van der Waals surface area contributed by atoms with Crippen molar-refractivity contribution in [2.24, 2.45) is 0 Å². The minimum absolute atomic E-state index is 0.0155. The van der Waals surface area contributed by atoms with E-state index in [1.807, 2.05) is 29.3 Å². The highest BCUT2D eigenvalue weighted by Crippen LogP contribution is 2.27. The minimum Gasteiger partial charge on any atom is -0.496 e. The zero-order valence-corrected chi connectivity index (χ0v) is 15.9. The molecule has 0 saturated carbocycles. The third kappa shape index (κ3) is 6.20. The summed E-state index contributed by atoms with van der Waals surface area (Å²) in [5.41, 5.74) is 1.01. The molecule has 1 saturated heterocycles. The number of aliphatic carboxylic acids is 1. The second kappa shape index (κ2) is 10.2. The Kier molecular flexibility index (Phi) is 8.02. The predicted octanol–water partition coefficient (Wildman–Crippen LogP) is 1.02. The number of para-hydroxylation sites is 1. The lowest BCUT2D eigenvalue weighted by Gasteiger charge is -2.41. The number of carboxylic acids is 1. The van der Waals surface area contributed by atoms with Gasteiger partial charge in [-0.2, -0.15) is 0 Å². The van der Waals surface area contributed by atoms with E-state index in [4.69, 9.17) is 9.84 Å². The highest BCUT2D eigenvalue weighted by molar-refractivity contribution is 5.76. The summed E-state index contributed by atoms with van der Waals surface area (Å²) in [7, 11) is 1.63. The van der Waals surface area contributed by atoms with Crippen LogP contribution in [0.4, 0.5) is 0 Å². The van der Waals surface area contributed by atoms with Gasteiger partial charge in [0, 0.05) is 38.0 Å². The summed E-state index contributed by atoms with van der Waals surface area (Å²) in [6, 6.07) is 7.74. The molecule has 8 nitrogen and oxygen atoms in total. The zero-order valence-electron chi connectivity index (χ0n) is 15.9. The van der Waals surface area contributed by atoms with Crippen LogP contribution in [0, 0.1) is 0 Å².